The molecule has 1 aromatic carbocycles. The molecule has 1 aromatic rings. The number of urea groups is 1. The van der Waals surface area contributed by atoms with Gasteiger partial charge in [0.15, 0.2) is 0 Å². The topological polar surface area (TPSA) is 60.9 Å². The lowest BCUT2D eigenvalue weighted by molar-refractivity contribution is -0.123. The van der Waals surface area contributed by atoms with Crippen molar-refractivity contribution in [1.82, 2.24) is 9.80 Å². The van der Waals surface area contributed by atoms with E-state index in [9.17, 15) is 14.4 Å². The molecular weight excluding hydrogens is 294 g/mol. The Labute approximate surface area is 135 Å². The third kappa shape index (κ3) is 2.12. The molecule has 0 N–H and O–H groups in total. The van der Waals surface area contributed by atoms with Crippen molar-refractivity contribution in [3.05, 3.63) is 29.3 Å². The highest BCUT2D eigenvalue weighted by Gasteiger charge is 2.57. The van der Waals surface area contributed by atoms with Gasteiger partial charge in [-0.15, -0.1) is 0 Å². The Bertz CT molecular complexity index is 713. The number of aryl methyl sites for hydroxylation is 1. The van der Waals surface area contributed by atoms with Gasteiger partial charge in [-0.05, 0) is 44.4 Å². The van der Waals surface area contributed by atoms with E-state index in [-0.39, 0.29) is 17.8 Å². The van der Waals surface area contributed by atoms with Crippen LogP contribution in [0.1, 0.15) is 35.7 Å². The Morgan fingerprint density at radius 3 is 2.57 bits per heavy atom. The SMILES string of the molecule is Cc1ccc(C(=O)N(C)C)cc1N1C(=O)N2CCC[C@@]2(C)C1=O. The van der Waals surface area contributed by atoms with Crippen LogP contribution in [0.25, 0.3) is 0 Å². The number of imide groups is 1. The van der Waals surface area contributed by atoms with E-state index in [4.69, 9.17) is 0 Å². The van der Waals surface area contributed by atoms with Crippen molar-refractivity contribution in [2.75, 3.05) is 25.5 Å². The quantitative estimate of drug-likeness (QED) is 0.785. The second-order valence-electron chi connectivity index (χ2n) is 6.65. The average molecular weight is 315 g/mol. The molecule has 2 heterocycles. The summed E-state index contributed by atoms with van der Waals surface area (Å²) in [6, 6.07) is 4.85. The molecule has 0 unspecified atom stereocenters. The second-order valence-corrected chi connectivity index (χ2v) is 6.65. The first kappa shape index (κ1) is 15.5. The largest absolute Gasteiger partial charge is 0.345 e. The molecule has 122 valence electrons. The number of benzene rings is 1. The number of amides is 4. The summed E-state index contributed by atoms with van der Waals surface area (Å²) >= 11 is 0. The van der Waals surface area contributed by atoms with Crippen LogP contribution in [0.4, 0.5) is 10.5 Å². The third-order valence-electron chi connectivity index (χ3n) is 4.83. The summed E-state index contributed by atoms with van der Waals surface area (Å²) in [5.41, 5.74) is 1.02. The molecule has 2 saturated heterocycles. The van der Waals surface area contributed by atoms with Gasteiger partial charge in [0.2, 0.25) is 0 Å². The molecule has 3 rings (SSSR count). The van der Waals surface area contributed by atoms with Crippen LogP contribution in [0, 0.1) is 6.92 Å². The third-order valence-corrected chi connectivity index (χ3v) is 4.83. The molecule has 6 heteroatoms. The Hall–Kier alpha value is -2.37. The highest BCUT2D eigenvalue weighted by atomic mass is 16.2. The van der Waals surface area contributed by atoms with Gasteiger partial charge in [-0.1, -0.05) is 6.07 Å². The molecule has 1 atom stereocenters. The zero-order valence-corrected chi connectivity index (χ0v) is 13.9. The first-order valence-corrected chi connectivity index (χ1v) is 7.76. The molecule has 0 radical (unpaired) electrons. The monoisotopic (exact) mass is 315 g/mol. The van der Waals surface area contributed by atoms with Crippen LogP contribution in [0.5, 0.6) is 0 Å². The number of rotatable bonds is 2. The van der Waals surface area contributed by atoms with E-state index in [1.807, 2.05) is 13.8 Å². The van der Waals surface area contributed by atoms with E-state index >= 15 is 0 Å². The first-order valence-electron chi connectivity index (χ1n) is 7.76. The smallest absolute Gasteiger partial charge is 0.332 e. The molecule has 0 bridgehead atoms. The van der Waals surface area contributed by atoms with Crippen LogP contribution in [0.2, 0.25) is 0 Å². The van der Waals surface area contributed by atoms with Crippen molar-refractivity contribution >= 4 is 23.5 Å². The predicted octanol–water partition coefficient (Wildman–Crippen LogP) is 2.02. The summed E-state index contributed by atoms with van der Waals surface area (Å²) in [5, 5.41) is 0. The van der Waals surface area contributed by atoms with Crippen molar-refractivity contribution in [3.8, 4) is 0 Å². The highest BCUT2D eigenvalue weighted by Crippen LogP contribution is 2.40. The van der Waals surface area contributed by atoms with E-state index in [1.165, 1.54) is 9.80 Å². The molecule has 6 nitrogen and oxygen atoms in total. The first-order chi connectivity index (χ1) is 10.8. The highest BCUT2D eigenvalue weighted by molar-refractivity contribution is 6.24. The number of carbonyl (C=O) groups is 3. The molecular formula is C17H21N3O3. The van der Waals surface area contributed by atoms with Crippen LogP contribution < -0.4 is 4.90 Å². The Morgan fingerprint density at radius 2 is 1.96 bits per heavy atom. The standard InChI is InChI=1S/C17H21N3O3/c1-11-6-7-12(14(21)18(3)4)10-13(11)20-15(22)17(2)8-5-9-19(17)16(20)23/h6-7,10H,5,8-9H2,1-4H3/t17-/m0/s1. The van der Waals surface area contributed by atoms with Gasteiger partial charge in [0.1, 0.15) is 5.54 Å². The van der Waals surface area contributed by atoms with Crippen LogP contribution in [0.15, 0.2) is 18.2 Å². The van der Waals surface area contributed by atoms with Gasteiger partial charge in [0, 0.05) is 26.2 Å². The number of anilines is 1. The van der Waals surface area contributed by atoms with Gasteiger partial charge in [0.25, 0.3) is 11.8 Å². The summed E-state index contributed by atoms with van der Waals surface area (Å²) in [4.78, 5) is 42.1. The second kappa shape index (κ2) is 5.08. The van der Waals surface area contributed by atoms with Crippen molar-refractivity contribution < 1.29 is 14.4 Å². The summed E-state index contributed by atoms with van der Waals surface area (Å²) in [6.45, 7) is 4.27. The number of hydrogen-bond acceptors (Lipinski definition) is 3. The molecule has 4 amide bonds. The maximum Gasteiger partial charge on any atom is 0.332 e. The normalized spacial score (nSPS) is 23.5. The van der Waals surface area contributed by atoms with E-state index < -0.39 is 5.54 Å². The lowest BCUT2D eigenvalue weighted by Crippen LogP contribution is -2.41. The zero-order valence-electron chi connectivity index (χ0n) is 13.9. The minimum absolute atomic E-state index is 0.156. The maximum atomic E-state index is 12.9. The van der Waals surface area contributed by atoms with Gasteiger partial charge in [-0.3, -0.25) is 9.59 Å². The lowest BCUT2D eigenvalue weighted by Gasteiger charge is -2.22. The van der Waals surface area contributed by atoms with Crippen LogP contribution >= 0.6 is 0 Å². The van der Waals surface area contributed by atoms with Crippen LogP contribution in [-0.2, 0) is 4.79 Å². The Morgan fingerprint density at radius 1 is 1.26 bits per heavy atom. The molecule has 2 aliphatic heterocycles. The summed E-state index contributed by atoms with van der Waals surface area (Å²) in [6.07, 6.45) is 1.53. The fraction of sp³-hybridized carbons (Fsp3) is 0.471. The Kier molecular flexibility index (Phi) is 3.43. The summed E-state index contributed by atoms with van der Waals surface area (Å²) in [7, 11) is 3.34. The van der Waals surface area contributed by atoms with Gasteiger partial charge in [-0.2, -0.15) is 0 Å². The minimum atomic E-state index is -0.745. The van der Waals surface area contributed by atoms with Gasteiger partial charge >= 0.3 is 6.03 Å². The van der Waals surface area contributed by atoms with Crippen molar-refractivity contribution in [2.45, 2.75) is 32.2 Å². The number of fused-ring (bicyclic) bond motifs is 1. The fourth-order valence-corrected chi connectivity index (χ4v) is 3.39. The Balaban J connectivity index is 2.05. The molecule has 2 fully saturated rings. The van der Waals surface area contributed by atoms with Crippen molar-refractivity contribution in [2.24, 2.45) is 0 Å². The minimum Gasteiger partial charge on any atom is -0.345 e. The van der Waals surface area contributed by atoms with Gasteiger partial charge < -0.3 is 9.80 Å². The summed E-state index contributed by atoms with van der Waals surface area (Å²) < 4.78 is 0. The van der Waals surface area contributed by atoms with Crippen molar-refractivity contribution in [1.29, 1.82) is 0 Å². The van der Waals surface area contributed by atoms with E-state index in [0.717, 1.165) is 12.0 Å². The number of nitrogens with zero attached hydrogens (tertiary/aromatic N) is 3. The van der Waals surface area contributed by atoms with Gasteiger partial charge in [-0.25, -0.2) is 9.69 Å². The molecule has 23 heavy (non-hydrogen) atoms. The molecule has 0 aliphatic carbocycles. The zero-order chi connectivity index (χ0) is 16.9. The van der Waals surface area contributed by atoms with Crippen LogP contribution in [-0.4, -0.2) is 53.8 Å². The average Bonchev–Trinajstić information content (AvgIpc) is 2.98. The molecule has 2 aliphatic rings. The lowest BCUT2D eigenvalue weighted by atomic mass is 9.98. The number of carbonyl (C=O) groups excluding carboxylic acids is 3. The molecule has 0 spiro atoms. The number of hydrogen-bond donors (Lipinski definition) is 0. The van der Waals surface area contributed by atoms with E-state index in [2.05, 4.69) is 0 Å². The molecule has 0 aromatic heterocycles. The fourth-order valence-electron chi connectivity index (χ4n) is 3.39. The van der Waals surface area contributed by atoms with Crippen molar-refractivity contribution in [3.63, 3.8) is 0 Å². The summed E-state index contributed by atoms with van der Waals surface area (Å²) in [5.74, 6) is -0.352. The van der Waals surface area contributed by atoms with E-state index in [0.29, 0.717) is 24.2 Å². The predicted molar refractivity (Wildman–Crippen MR) is 86.4 cm³/mol. The van der Waals surface area contributed by atoms with Gasteiger partial charge in [0.05, 0.1) is 5.69 Å². The maximum absolute atomic E-state index is 12.9. The van der Waals surface area contributed by atoms with Crippen LogP contribution in [0.3, 0.4) is 0 Å². The van der Waals surface area contributed by atoms with E-state index in [1.54, 1.807) is 37.2 Å². The molecule has 0 saturated carbocycles.